The molecule has 12 nitrogen and oxygen atoms in total. The van der Waals surface area contributed by atoms with Crippen LogP contribution in [0.5, 0.6) is 46.0 Å². The maximum absolute atomic E-state index is 10.8. The zero-order valence-electron chi connectivity index (χ0n) is 36.6. The van der Waals surface area contributed by atoms with Gasteiger partial charge in [0.2, 0.25) is 0 Å². The van der Waals surface area contributed by atoms with Crippen molar-refractivity contribution in [1.29, 1.82) is 0 Å². The first kappa shape index (κ1) is 45.6. The standard InChI is InChI=1S/C32H32O8.2C11H9NO/c1-13-17-5-19(27(35)9-25(17)33)14(2)21-7-23(31(39)11-29(21)37)16(4)24-8-22(30(38)12-32(24)40)15(3)20-6-18(13)26(34)10-28(20)36;2*13-12-8-6-11(7-9-12)10-4-2-1-3-5-10/h5-16,33-40H,1-4H3;2*1-9H. The van der Waals surface area contributed by atoms with E-state index in [1.165, 1.54) is 49.1 Å². The average Bonchev–Trinajstić information content (AvgIpc) is 3.30. The van der Waals surface area contributed by atoms with Crippen LogP contribution in [0.4, 0.5) is 0 Å². The quantitative estimate of drug-likeness (QED) is 0.0607. The highest BCUT2D eigenvalue weighted by atomic mass is 16.5. The molecule has 2 aromatic heterocycles. The maximum Gasteiger partial charge on any atom is 0.180 e. The molecule has 0 unspecified atom stereocenters. The van der Waals surface area contributed by atoms with E-state index in [1.54, 1.807) is 52.0 Å². The van der Waals surface area contributed by atoms with Crippen LogP contribution in [-0.4, -0.2) is 40.9 Å². The van der Waals surface area contributed by atoms with Crippen molar-refractivity contribution in [2.45, 2.75) is 51.4 Å². The topological polar surface area (TPSA) is 216 Å². The second-order valence-corrected chi connectivity index (χ2v) is 16.4. The van der Waals surface area contributed by atoms with Crippen LogP contribution in [0.1, 0.15) is 95.9 Å². The lowest BCUT2D eigenvalue weighted by Crippen LogP contribution is -2.23. The number of nitrogens with zero attached hydrogens (tertiary/aromatic N) is 2. The van der Waals surface area contributed by atoms with Gasteiger partial charge in [-0.2, -0.15) is 9.46 Å². The number of phenols is 8. The van der Waals surface area contributed by atoms with Crippen LogP contribution in [0, 0.1) is 10.4 Å². The van der Waals surface area contributed by atoms with E-state index in [-0.39, 0.29) is 46.0 Å². The summed E-state index contributed by atoms with van der Waals surface area (Å²) in [5.74, 6) is -3.99. The fourth-order valence-corrected chi connectivity index (χ4v) is 8.36. The summed E-state index contributed by atoms with van der Waals surface area (Å²) in [4.78, 5) is 0. The molecule has 6 aromatic carbocycles. The van der Waals surface area contributed by atoms with Gasteiger partial charge in [-0.05, 0) is 46.5 Å². The van der Waals surface area contributed by atoms with E-state index in [2.05, 4.69) is 0 Å². The Morgan fingerprint density at radius 2 is 0.470 bits per heavy atom. The number of fused-ring (bicyclic) bond motifs is 8. The molecule has 0 saturated heterocycles. The lowest BCUT2D eigenvalue weighted by molar-refractivity contribution is -0.605. The first-order valence-electron chi connectivity index (χ1n) is 21.2. The minimum Gasteiger partial charge on any atom is -0.619 e. The predicted octanol–water partition coefficient (Wildman–Crippen LogP) is 10.2. The van der Waals surface area contributed by atoms with Gasteiger partial charge in [-0.1, -0.05) is 88.4 Å². The summed E-state index contributed by atoms with van der Waals surface area (Å²) < 4.78 is 1.57. The van der Waals surface area contributed by atoms with Gasteiger partial charge in [-0.15, -0.1) is 0 Å². The van der Waals surface area contributed by atoms with Crippen LogP contribution in [0.25, 0.3) is 22.3 Å². The molecule has 0 spiro atoms. The SMILES string of the molecule is CC1c2cc(c(O)cc2O)C(C)c2cc(c(O)cc2O)C(C)c2cc(c(O)cc2O)C(C)c2cc1c(O)cc2O.[O-][n+]1ccc(-c2ccccc2)cc1.[O-][n+]1ccc(-c2ccccc2)cc1. The number of phenolic OH excluding ortho intramolecular Hbond substituents is 8. The maximum atomic E-state index is 10.8. The molecule has 8 aromatic rings. The molecule has 0 amide bonds. The Hall–Kier alpha value is -8.38. The number of hydrogen-bond donors (Lipinski definition) is 8. The largest absolute Gasteiger partial charge is 0.619 e. The van der Waals surface area contributed by atoms with Crippen molar-refractivity contribution in [3.63, 3.8) is 0 Å². The first-order chi connectivity index (χ1) is 31.5. The summed E-state index contributed by atoms with van der Waals surface area (Å²) in [6.45, 7) is 7.05. The molecule has 2 heterocycles. The lowest BCUT2D eigenvalue weighted by atomic mass is 9.81. The van der Waals surface area contributed by atoms with Crippen molar-refractivity contribution in [1.82, 2.24) is 0 Å². The smallest absolute Gasteiger partial charge is 0.180 e. The van der Waals surface area contributed by atoms with Gasteiger partial charge in [0.15, 0.2) is 24.8 Å². The second-order valence-electron chi connectivity index (χ2n) is 16.4. The van der Waals surface area contributed by atoms with Crippen molar-refractivity contribution in [3.05, 3.63) is 213 Å². The van der Waals surface area contributed by atoms with Crippen LogP contribution in [0.2, 0.25) is 0 Å². The first-order valence-corrected chi connectivity index (χ1v) is 21.2. The predicted molar refractivity (Wildman–Crippen MR) is 251 cm³/mol. The summed E-state index contributed by atoms with van der Waals surface area (Å²) in [7, 11) is 0. The highest BCUT2D eigenvalue weighted by molar-refractivity contribution is 5.64. The molecule has 1 aliphatic rings. The summed E-state index contributed by atoms with van der Waals surface area (Å²) in [6.07, 6.45) is 6.01. The Balaban J connectivity index is 0.000000200. The van der Waals surface area contributed by atoms with Crippen molar-refractivity contribution in [2.75, 3.05) is 0 Å². The second kappa shape index (κ2) is 19.2. The van der Waals surface area contributed by atoms with Crippen LogP contribution >= 0.6 is 0 Å². The van der Waals surface area contributed by atoms with E-state index in [4.69, 9.17) is 0 Å². The van der Waals surface area contributed by atoms with Crippen molar-refractivity contribution >= 4 is 0 Å². The molecule has 0 fully saturated rings. The normalized spacial score (nSPS) is 16.2. The van der Waals surface area contributed by atoms with Gasteiger partial charge < -0.3 is 51.3 Å². The van der Waals surface area contributed by atoms with E-state index in [0.717, 1.165) is 31.7 Å². The van der Waals surface area contributed by atoms with E-state index >= 15 is 0 Å². The van der Waals surface area contributed by atoms with Gasteiger partial charge in [0, 0.05) is 117 Å². The van der Waals surface area contributed by atoms with Gasteiger partial charge >= 0.3 is 0 Å². The molecule has 0 atom stereocenters. The number of pyridine rings is 2. The third-order valence-corrected chi connectivity index (χ3v) is 12.3. The third-order valence-electron chi connectivity index (χ3n) is 12.3. The van der Waals surface area contributed by atoms with Gasteiger partial charge in [0.1, 0.15) is 46.0 Å². The highest BCUT2D eigenvalue weighted by Crippen LogP contribution is 2.49. The summed E-state index contributed by atoms with van der Waals surface area (Å²) in [5.41, 5.74) is 7.55. The van der Waals surface area contributed by atoms with Gasteiger partial charge in [0.25, 0.3) is 0 Å². The van der Waals surface area contributed by atoms with E-state index in [9.17, 15) is 51.3 Å². The van der Waals surface area contributed by atoms with E-state index in [1.807, 2.05) is 84.9 Å². The molecular weight excluding hydrogens is 837 g/mol. The van der Waals surface area contributed by atoms with Gasteiger partial charge in [-0.3, -0.25) is 0 Å². The van der Waals surface area contributed by atoms with Crippen molar-refractivity contribution in [3.8, 4) is 68.2 Å². The molecule has 1 aliphatic carbocycles. The van der Waals surface area contributed by atoms with Crippen LogP contribution in [0.15, 0.2) is 158 Å². The zero-order valence-corrected chi connectivity index (χ0v) is 36.6. The summed E-state index contributed by atoms with van der Waals surface area (Å²) >= 11 is 0. The summed E-state index contributed by atoms with van der Waals surface area (Å²) in [5, 5.41) is 108. The Morgan fingerprint density at radius 3 is 0.667 bits per heavy atom. The zero-order chi connectivity index (χ0) is 47.4. The minimum absolute atomic E-state index is 0.200. The lowest BCUT2D eigenvalue weighted by Gasteiger charge is -2.25. The van der Waals surface area contributed by atoms with Crippen molar-refractivity contribution < 1.29 is 50.3 Å². The molecule has 0 radical (unpaired) electrons. The molecule has 66 heavy (non-hydrogen) atoms. The summed E-state index contributed by atoms with van der Waals surface area (Å²) in [6, 6.07) is 38.4. The van der Waals surface area contributed by atoms with Gasteiger partial charge in [-0.25, -0.2) is 0 Å². The third kappa shape index (κ3) is 9.58. The molecule has 9 rings (SSSR count). The van der Waals surface area contributed by atoms with Crippen molar-refractivity contribution in [2.24, 2.45) is 0 Å². The fraction of sp³-hybridized carbons (Fsp3) is 0.148. The number of benzene rings is 6. The Morgan fingerprint density at radius 1 is 0.288 bits per heavy atom. The van der Waals surface area contributed by atoms with E-state index in [0.29, 0.717) is 44.5 Å². The van der Waals surface area contributed by atoms with Crippen LogP contribution in [0.3, 0.4) is 0 Å². The Kier molecular flexibility index (Phi) is 13.2. The monoisotopic (exact) mass is 886 g/mol. The number of aromatic nitrogens is 2. The minimum atomic E-state index is -0.598. The van der Waals surface area contributed by atoms with Crippen LogP contribution in [-0.2, 0) is 0 Å². The molecule has 0 aliphatic heterocycles. The molecule has 8 N–H and O–H groups in total. The van der Waals surface area contributed by atoms with E-state index < -0.39 is 23.7 Å². The Bertz CT molecular complexity index is 2550. The molecule has 0 saturated carbocycles. The molecular formula is C54H50N2O10. The Labute approximate surface area is 381 Å². The molecule has 8 bridgehead atoms. The molecule has 12 heteroatoms. The highest BCUT2D eigenvalue weighted by Gasteiger charge is 2.29. The van der Waals surface area contributed by atoms with Gasteiger partial charge in [0.05, 0.1) is 0 Å². The number of rotatable bonds is 2. The average molecular weight is 887 g/mol. The fourth-order valence-electron chi connectivity index (χ4n) is 8.36. The number of aromatic hydroxyl groups is 8. The molecule has 336 valence electrons. The van der Waals surface area contributed by atoms with Crippen LogP contribution < -0.4 is 9.46 Å². The number of hydrogen-bond acceptors (Lipinski definition) is 10.